The van der Waals surface area contributed by atoms with Crippen LogP contribution in [0, 0.1) is 5.92 Å². The summed E-state index contributed by atoms with van der Waals surface area (Å²) in [6.07, 6.45) is 6.31. The third-order valence-corrected chi connectivity index (χ3v) is 2.79. The fraction of sp³-hybridized carbons (Fsp3) is 0.200. The molecular formula is C10H7NO2. The van der Waals surface area contributed by atoms with Gasteiger partial charge in [-0.2, -0.15) is 0 Å². The van der Waals surface area contributed by atoms with Gasteiger partial charge in [0.1, 0.15) is 0 Å². The highest BCUT2D eigenvalue weighted by Gasteiger charge is 2.41. The lowest BCUT2D eigenvalue weighted by molar-refractivity contribution is -0.132. The van der Waals surface area contributed by atoms with Gasteiger partial charge in [-0.15, -0.1) is 0 Å². The van der Waals surface area contributed by atoms with Gasteiger partial charge in [0.15, 0.2) is 0 Å². The molecule has 0 aromatic carbocycles. The lowest BCUT2D eigenvalue weighted by Crippen LogP contribution is -2.39. The van der Waals surface area contributed by atoms with Crippen LogP contribution >= 0.6 is 0 Å². The number of rotatable bonds is 0. The second kappa shape index (κ2) is 1.99. The lowest BCUT2D eigenvalue weighted by atomic mass is 9.97. The van der Waals surface area contributed by atoms with Crippen molar-refractivity contribution >= 4 is 11.8 Å². The predicted octanol–water partition coefficient (Wildman–Crippen LogP) is 0.455. The molecule has 2 bridgehead atoms. The zero-order valence-electron chi connectivity index (χ0n) is 6.83. The van der Waals surface area contributed by atoms with Crippen molar-refractivity contribution in [3.05, 3.63) is 34.9 Å². The van der Waals surface area contributed by atoms with Crippen molar-refractivity contribution in [2.24, 2.45) is 5.92 Å². The summed E-state index contributed by atoms with van der Waals surface area (Å²) < 4.78 is 0. The average Bonchev–Trinajstić information content (AvgIpc) is 2.58. The molecule has 1 aliphatic heterocycles. The Morgan fingerprint density at radius 1 is 1.38 bits per heavy atom. The summed E-state index contributed by atoms with van der Waals surface area (Å²) in [4.78, 5) is 22.7. The van der Waals surface area contributed by atoms with Crippen molar-refractivity contribution in [2.45, 2.75) is 6.42 Å². The summed E-state index contributed by atoms with van der Waals surface area (Å²) in [7, 11) is 0. The molecular weight excluding hydrogens is 166 g/mol. The number of carbonyl (C=O) groups is 2. The molecule has 1 fully saturated rings. The number of imide groups is 1. The molecule has 1 saturated heterocycles. The summed E-state index contributed by atoms with van der Waals surface area (Å²) in [6, 6.07) is 0. The summed E-state index contributed by atoms with van der Waals surface area (Å²) in [5.41, 5.74) is 2.75. The van der Waals surface area contributed by atoms with E-state index in [0.29, 0.717) is 6.42 Å². The number of allylic oxidation sites excluding steroid dienone is 4. The molecule has 1 atom stereocenters. The first-order chi connectivity index (χ1) is 6.27. The first kappa shape index (κ1) is 6.83. The van der Waals surface area contributed by atoms with Crippen molar-refractivity contribution < 1.29 is 9.59 Å². The summed E-state index contributed by atoms with van der Waals surface area (Å²) in [5.74, 6) is -0.484. The lowest BCUT2D eigenvalue weighted by Gasteiger charge is -2.15. The monoisotopic (exact) mass is 173 g/mol. The maximum Gasteiger partial charge on any atom is 0.254 e. The Hall–Kier alpha value is -1.64. The molecule has 0 radical (unpaired) electrons. The topological polar surface area (TPSA) is 46.2 Å². The minimum absolute atomic E-state index is 0.113. The zero-order chi connectivity index (χ0) is 9.00. The number of carbonyl (C=O) groups excluding carboxylic acids is 2. The average molecular weight is 173 g/mol. The van der Waals surface area contributed by atoms with E-state index in [1.165, 1.54) is 0 Å². The van der Waals surface area contributed by atoms with Crippen molar-refractivity contribution in [1.82, 2.24) is 5.32 Å². The molecule has 3 nitrogen and oxygen atoms in total. The Morgan fingerprint density at radius 3 is 3.08 bits per heavy atom. The highest BCUT2D eigenvalue weighted by atomic mass is 16.2. The van der Waals surface area contributed by atoms with Crippen LogP contribution in [0.2, 0.25) is 0 Å². The minimum Gasteiger partial charge on any atom is -0.292 e. The number of hydrogen-bond acceptors (Lipinski definition) is 2. The van der Waals surface area contributed by atoms with E-state index in [2.05, 4.69) is 5.32 Å². The van der Waals surface area contributed by atoms with Gasteiger partial charge in [0, 0.05) is 5.57 Å². The fourth-order valence-corrected chi connectivity index (χ4v) is 2.16. The molecule has 3 aliphatic rings. The van der Waals surface area contributed by atoms with Crippen LogP contribution in [0.5, 0.6) is 0 Å². The maximum atomic E-state index is 11.4. The Bertz CT molecular complexity index is 426. The largest absolute Gasteiger partial charge is 0.292 e. The van der Waals surface area contributed by atoms with Gasteiger partial charge < -0.3 is 0 Å². The zero-order valence-corrected chi connectivity index (χ0v) is 6.83. The molecule has 1 heterocycles. The Morgan fingerprint density at radius 2 is 2.23 bits per heavy atom. The quantitative estimate of drug-likeness (QED) is 0.541. The van der Waals surface area contributed by atoms with E-state index in [1.54, 1.807) is 0 Å². The third kappa shape index (κ3) is 0.691. The molecule has 2 aliphatic carbocycles. The van der Waals surface area contributed by atoms with Gasteiger partial charge in [0.2, 0.25) is 5.91 Å². The van der Waals surface area contributed by atoms with Gasteiger partial charge in [-0.1, -0.05) is 18.2 Å². The summed E-state index contributed by atoms with van der Waals surface area (Å²) in [5, 5.41) is 2.36. The molecule has 0 spiro atoms. The Labute approximate surface area is 74.8 Å². The molecule has 0 aromatic rings. The number of hydrogen-bond donors (Lipinski definition) is 1. The van der Waals surface area contributed by atoms with Crippen molar-refractivity contribution in [3.63, 3.8) is 0 Å². The second-order valence-corrected chi connectivity index (χ2v) is 3.45. The molecule has 0 aromatic heterocycles. The summed E-state index contributed by atoms with van der Waals surface area (Å²) >= 11 is 0. The molecule has 3 rings (SSSR count). The maximum absolute atomic E-state index is 11.4. The summed E-state index contributed by atoms with van der Waals surface area (Å²) in [6.45, 7) is 0. The molecule has 1 N–H and O–H groups in total. The first-order valence-electron chi connectivity index (χ1n) is 4.24. The van der Waals surface area contributed by atoms with Gasteiger partial charge in [0.25, 0.3) is 5.91 Å². The van der Waals surface area contributed by atoms with Crippen LogP contribution in [0.15, 0.2) is 34.9 Å². The van der Waals surface area contributed by atoms with E-state index in [-0.39, 0.29) is 17.7 Å². The van der Waals surface area contributed by atoms with Gasteiger partial charge >= 0.3 is 0 Å². The number of nitrogens with one attached hydrogen (secondary N) is 1. The van der Waals surface area contributed by atoms with Crippen molar-refractivity contribution in [1.29, 1.82) is 0 Å². The predicted molar refractivity (Wildman–Crippen MR) is 45.5 cm³/mol. The van der Waals surface area contributed by atoms with Crippen molar-refractivity contribution in [3.8, 4) is 0 Å². The van der Waals surface area contributed by atoms with E-state index in [4.69, 9.17) is 0 Å². The van der Waals surface area contributed by atoms with Crippen LogP contribution in [-0.4, -0.2) is 11.8 Å². The van der Waals surface area contributed by atoms with Gasteiger partial charge in [-0.25, -0.2) is 0 Å². The fourth-order valence-electron chi connectivity index (χ4n) is 2.16. The smallest absolute Gasteiger partial charge is 0.254 e. The normalized spacial score (nSPS) is 29.2. The van der Waals surface area contributed by atoms with E-state index < -0.39 is 0 Å². The van der Waals surface area contributed by atoms with Crippen LogP contribution in [0.1, 0.15) is 6.42 Å². The van der Waals surface area contributed by atoms with Crippen molar-refractivity contribution in [2.75, 3.05) is 0 Å². The number of fused-ring (bicyclic) bond motifs is 4. The van der Waals surface area contributed by atoms with Crippen LogP contribution < -0.4 is 5.32 Å². The standard InChI is InChI=1S/C10H7NO2/c12-9-7-4-8(10(13)11-9)6-3-1-2-5(6)7/h1-3,7H,4H2,(H,11,12,13)/t7-/m0/s1. The molecule has 2 amide bonds. The van der Waals surface area contributed by atoms with Crippen LogP contribution in [0.4, 0.5) is 0 Å². The molecule has 0 unspecified atom stereocenters. The molecule has 0 saturated carbocycles. The SMILES string of the molecule is O=C1NC(=O)[C@H]2CC1=C1C=CC=C12. The Kier molecular flexibility index (Phi) is 1.05. The third-order valence-electron chi connectivity index (χ3n) is 2.79. The van der Waals surface area contributed by atoms with E-state index in [0.717, 1.165) is 16.7 Å². The van der Waals surface area contributed by atoms with E-state index in [9.17, 15) is 9.59 Å². The number of piperidine rings is 1. The molecule has 3 heteroatoms. The van der Waals surface area contributed by atoms with E-state index in [1.807, 2.05) is 18.2 Å². The van der Waals surface area contributed by atoms with Crippen LogP contribution in [0.3, 0.4) is 0 Å². The minimum atomic E-state index is -0.216. The van der Waals surface area contributed by atoms with Crippen LogP contribution in [-0.2, 0) is 9.59 Å². The van der Waals surface area contributed by atoms with E-state index >= 15 is 0 Å². The van der Waals surface area contributed by atoms with Gasteiger partial charge in [-0.3, -0.25) is 14.9 Å². The highest BCUT2D eigenvalue weighted by molar-refractivity contribution is 6.12. The second-order valence-electron chi connectivity index (χ2n) is 3.45. The molecule has 13 heavy (non-hydrogen) atoms. The van der Waals surface area contributed by atoms with Gasteiger partial charge in [-0.05, 0) is 17.6 Å². The Balaban J connectivity index is 2.24. The van der Waals surface area contributed by atoms with Crippen LogP contribution in [0.25, 0.3) is 0 Å². The first-order valence-corrected chi connectivity index (χ1v) is 4.24. The molecule has 64 valence electrons. The van der Waals surface area contributed by atoms with Gasteiger partial charge in [0.05, 0.1) is 5.92 Å². The highest BCUT2D eigenvalue weighted by Crippen LogP contribution is 2.42. The number of amides is 2.